The van der Waals surface area contributed by atoms with Crippen molar-refractivity contribution in [3.63, 3.8) is 0 Å². The Kier molecular flexibility index (Phi) is 2.33. The van der Waals surface area contributed by atoms with Crippen molar-refractivity contribution in [3.05, 3.63) is 28.8 Å². The van der Waals surface area contributed by atoms with E-state index < -0.39 is 0 Å². The maximum Gasteiger partial charge on any atom is 0.116 e. The van der Waals surface area contributed by atoms with Gasteiger partial charge in [-0.05, 0) is 18.2 Å². The number of phenols is 1. The molecular formula is C7H6ClNO2. The largest absolute Gasteiger partial charge is 0.508 e. The van der Waals surface area contributed by atoms with Gasteiger partial charge in [0.25, 0.3) is 0 Å². The first-order valence-corrected chi connectivity index (χ1v) is 3.28. The molecule has 0 aliphatic heterocycles. The van der Waals surface area contributed by atoms with Crippen LogP contribution in [0.25, 0.3) is 0 Å². The zero-order valence-corrected chi connectivity index (χ0v) is 6.28. The first kappa shape index (κ1) is 7.88. The highest BCUT2D eigenvalue weighted by Gasteiger charge is 1.97. The molecule has 2 N–H and O–H groups in total. The van der Waals surface area contributed by atoms with E-state index in [0.717, 1.165) is 6.21 Å². The Labute approximate surface area is 68.5 Å². The molecule has 11 heavy (non-hydrogen) atoms. The SMILES string of the molecule is O/N=C/c1cc(O)ccc1Cl. The normalized spacial score (nSPS) is 10.6. The van der Waals surface area contributed by atoms with Crippen LogP contribution in [0.5, 0.6) is 5.75 Å². The summed E-state index contributed by atoms with van der Waals surface area (Å²) in [4.78, 5) is 0. The summed E-state index contributed by atoms with van der Waals surface area (Å²) in [5.41, 5.74) is 0.481. The van der Waals surface area contributed by atoms with Gasteiger partial charge in [0.15, 0.2) is 0 Å². The molecule has 0 spiro atoms. The molecule has 1 aromatic rings. The molecule has 0 unspecified atom stereocenters. The zero-order valence-electron chi connectivity index (χ0n) is 5.53. The summed E-state index contributed by atoms with van der Waals surface area (Å²) in [6, 6.07) is 4.38. The second-order valence-corrected chi connectivity index (χ2v) is 2.36. The average Bonchev–Trinajstić information content (AvgIpc) is 1.98. The van der Waals surface area contributed by atoms with Gasteiger partial charge in [0.2, 0.25) is 0 Å². The molecule has 0 saturated carbocycles. The maximum atomic E-state index is 8.96. The van der Waals surface area contributed by atoms with E-state index in [1.807, 2.05) is 0 Å². The predicted octanol–water partition coefficient (Wildman–Crippen LogP) is 1.85. The Bertz CT molecular complexity index is 286. The van der Waals surface area contributed by atoms with E-state index >= 15 is 0 Å². The van der Waals surface area contributed by atoms with E-state index in [2.05, 4.69) is 5.16 Å². The average molecular weight is 172 g/mol. The van der Waals surface area contributed by atoms with E-state index in [4.69, 9.17) is 21.9 Å². The van der Waals surface area contributed by atoms with Gasteiger partial charge in [-0.1, -0.05) is 16.8 Å². The van der Waals surface area contributed by atoms with Crippen LogP contribution in [-0.4, -0.2) is 16.5 Å². The van der Waals surface area contributed by atoms with Crippen LogP contribution >= 0.6 is 11.6 Å². The van der Waals surface area contributed by atoms with Gasteiger partial charge in [0.1, 0.15) is 5.75 Å². The topological polar surface area (TPSA) is 52.8 Å². The lowest BCUT2D eigenvalue weighted by atomic mass is 10.2. The lowest BCUT2D eigenvalue weighted by molar-refractivity contribution is 0.322. The fourth-order valence-corrected chi connectivity index (χ4v) is 0.859. The number of nitrogens with zero attached hydrogens (tertiary/aromatic N) is 1. The highest BCUT2D eigenvalue weighted by atomic mass is 35.5. The second kappa shape index (κ2) is 3.25. The van der Waals surface area contributed by atoms with Crippen molar-refractivity contribution in [2.75, 3.05) is 0 Å². The van der Waals surface area contributed by atoms with Gasteiger partial charge in [-0.25, -0.2) is 0 Å². The summed E-state index contributed by atoms with van der Waals surface area (Å²) in [6.45, 7) is 0. The van der Waals surface area contributed by atoms with Crippen molar-refractivity contribution in [2.45, 2.75) is 0 Å². The number of oxime groups is 1. The molecule has 0 saturated heterocycles. The zero-order chi connectivity index (χ0) is 8.27. The van der Waals surface area contributed by atoms with Gasteiger partial charge in [-0.3, -0.25) is 0 Å². The van der Waals surface area contributed by atoms with Gasteiger partial charge in [0, 0.05) is 10.6 Å². The third-order valence-electron chi connectivity index (χ3n) is 1.18. The molecule has 4 heteroatoms. The summed E-state index contributed by atoms with van der Waals surface area (Å²) in [7, 11) is 0. The van der Waals surface area contributed by atoms with Crippen LogP contribution in [0.15, 0.2) is 23.4 Å². The Morgan fingerprint density at radius 3 is 2.82 bits per heavy atom. The van der Waals surface area contributed by atoms with Crippen LogP contribution in [0.3, 0.4) is 0 Å². The van der Waals surface area contributed by atoms with Crippen LogP contribution in [0, 0.1) is 0 Å². The number of phenolic OH excluding ortho intramolecular Hbond substituents is 1. The van der Waals surface area contributed by atoms with Crippen LogP contribution in [-0.2, 0) is 0 Å². The van der Waals surface area contributed by atoms with E-state index in [0.29, 0.717) is 10.6 Å². The molecule has 1 aromatic carbocycles. The third-order valence-corrected chi connectivity index (χ3v) is 1.52. The molecular weight excluding hydrogens is 166 g/mol. The van der Waals surface area contributed by atoms with E-state index in [-0.39, 0.29) is 5.75 Å². The summed E-state index contributed by atoms with van der Waals surface area (Å²) >= 11 is 5.66. The van der Waals surface area contributed by atoms with E-state index in [9.17, 15) is 0 Å². The van der Waals surface area contributed by atoms with Gasteiger partial charge < -0.3 is 10.3 Å². The van der Waals surface area contributed by atoms with Gasteiger partial charge >= 0.3 is 0 Å². The van der Waals surface area contributed by atoms with Crippen molar-refractivity contribution >= 4 is 17.8 Å². The molecule has 0 aliphatic rings. The minimum absolute atomic E-state index is 0.0873. The van der Waals surface area contributed by atoms with Crippen molar-refractivity contribution in [2.24, 2.45) is 5.16 Å². The van der Waals surface area contributed by atoms with Crippen LogP contribution < -0.4 is 0 Å². The number of hydrogen-bond acceptors (Lipinski definition) is 3. The third kappa shape index (κ3) is 1.85. The number of aromatic hydroxyl groups is 1. The molecule has 0 radical (unpaired) electrons. The molecule has 0 atom stereocenters. The minimum Gasteiger partial charge on any atom is -0.508 e. The molecule has 0 bridgehead atoms. The van der Waals surface area contributed by atoms with Crippen LogP contribution in [0.4, 0.5) is 0 Å². The Hall–Kier alpha value is -1.22. The lowest BCUT2D eigenvalue weighted by Gasteiger charge is -1.96. The molecule has 0 heterocycles. The fourth-order valence-electron chi connectivity index (χ4n) is 0.692. The molecule has 0 amide bonds. The summed E-state index contributed by atoms with van der Waals surface area (Å²) in [5.74, 6) is 0.0873. The smallest absolute Gasteiger partial charge is 0.116 e. The molecule has 0 aromatic heterocycles. The minimum atomic E-state index is 0.0873. The summed E-state index contributed by atoms with van der Waals surface area (Å²) in [5, 5.41) is 20.3. The van der Waals surface area contributed by atoms with Gasteiger partial charge in [0.05, 0.1) is 6.21 Å². The summed E-state index contributed by atoms with van der Waals surface area (Å²) in [6.07, 6.45) is 1.15. The molecule has 3 nitrogen and oxygen atoms in total. The fraction of sp³-hybridized carbons (Fsp3) is 0. The van der Waals surface area contributed by atoms with Crippen molar-refractivity contribution < 1.29 is 10.3 Å². The Morgan fingerprint density at radius 1 is 1.45 bits per heavy atom. The Balaban J connectivity index is 3.12. The van der Waals surface area contributed by atoms with Crippen molar-refractivity contribution in [3.8, 4) is 5.75 Å². The molecule has 0 fully saturated rings. The van der Waals surface area contributed by atoms with Crippen LogP contribution in [0.2, 0.25) is 5.02 Å². The molecule has 0 aliphatic carbocycles. The lowest BCUT2D eigenvalue weighted by Crippen LogP contribution is -1.81. The van der Waals surface area contributed by atoms with Crippen LogP contribution in [0.1, 0.15) is 5.56 Å². The standard InChI is InChI=1S/C7H6ClNO2/c8-7-2-1-6(10)3-5(7)4-9-11/h1-4,10-11H/b9-4+. The van der Waals surface area contributed by atoms with Gasteiger partial charge in [-0.2, -0.15) is 0 Å². The molecule has 1 rings (SSSR count). The predicted molar refractivity (Wildman–Crippen MR) is 42.5 cm³/mol. The van der Waals surface area contributed by atoms with E-state index in [1.54, 1.807) is 0 Å². The highest BCUT2D eigenvalue weighted by Crippen LogP contribution is 2.19. The number of benzene rings is 1. The number of rotatable bonds is 1. The first-order valence-electron chi connectivity index (χ1n) is 2.90. The van der Waals surface area contributed by atoms with Crippen molar-refractivity contribution in [1.29, 1.82) is 0 Å². The summed E-state index contributed by atoms with van der Waals surface area (Å²) < 4.78 is 0. The number of hydrogen-bond donors (Lipinski definition) is 2. The monoisotopic (exact) mass is 171 g/mol. The van der Waals surface area contributed by atoms with E-state index in [1.165, 1.54) is 18.2 Å². The molecule has 58 valence electrons. The number of halogens is 1. The quantitative estimate of drug-likeness (QED) is 0.385. The highest BCUT2D eigenvalue weighted by molar-refractivity contribution is 6.33. The second-order valence-electron chi connectivity index (χ2n) is 1.95. The van der Waals surface area contributed by atoms with Gasteiger partial charge in [-0.15, -0.1) is 0 Å². The maximum absolute atomic E-state index is 8.96. The first-order chi connectivity index (χ1) is 5.24. The van der Waals surface area contributed by atoms with Crippen molar-refractivity contribution in [1.82, 2.24) is 0 Å². The Morgan fingerprint density at radius 2 is 2.18 bits per heavy atom.